The van der Waals surface area contributed by atoms with Gasteiger partial charge in [0, 0.05) is 17.8 Å². The van der Waals surface area contributed by atoms with E-state index in [-0.39, 0.29) is 12.5 Å². The second-order valence-corrected chi connectivity index (χ2v) is 4.91. The SMILES string of the molecule is O=CC(=O)C1CN(C(=O)c2ccccc2)c2ccccc21. The highest BCUT2D eigenvalue weighted by molar-refractivity contribution is 6.29. The first-order valence-corrected chi connectivity index (χ1v) is 6.67. The first kappa shape index (κ1) is 13.2. The Hall–Kier alpha value is -2.75. The molecule has 0 saturated heterocycles. The maximum atomic E-state index is 12.6. The van der Waals surface area contributed by atoms with Crippen molar-refractivity contribution in [1.82, 2.24) is 0 Å². The number of fused-ring (bicyclic) bond motifs is 1. The quantitative estimate of drug-likeness (QED) is 0.639. The maximum Gasteiger partial charge on any atom is 0.258 e. The number of benzene rings is 2. The Morgan fingerprint density at radius 2 is 1.67 bits per heavy atom. The molecule has 0 spiro atoms. The number of para-hydroxylation sites is 1. The van der Waals surface area contributed by atoms with Crippen molar-refractivity contribution in [3.05, 3.63) is 65.7 Å². The molecule has 0 fully saturated rings. The number of aldehydes is 1. The lowest BCUT2D eigenvalue weighted by Crippen LogP contribution is -2.31. The molecule has 1 aliphatic heterocycles. The molecule has 2 aromatic carbocycles. The van der Waals surface area contributed by atoms with Crippen molar-refractivity contribution >= 4 is 23.7 Å². The van der Waals surface area contributed by atoms with Gasteiger partial charge in [-0.15, -0.1) is 0 Å². The molecule has 1 unspecified atom stereocenters. The highest BCUT2D eigenvalue weighted by atomic mass is 16.2. The summed E-state index contributed by atoms with van der Waals surface area (Å²) >= 11 is 0. The van der Waals surface area contributed by atoms with Crippen LogP contribution in [0.5, 0.6) is 0 Å². The Labute approximate surface area is 122 Å². The van der Waals surface area contributed by atoms with Crippen molar-refractivity contribution in [1.29, 1.82) is 0 Å². The van der Waals surface area contributed by atoms with Crippen molar-refractivity contribution < 1.29 is 14.4 Å². The molecular formula is C17H13NO3. The third-order valence-corrected chi connectivity index (χ3v) is 3.69. The molecule has 104 valence electrons. The van der Waals surface area contributed by atoms with Gasteiger partial charge < -0.3 is 4.90 Å². The number of ketones is 1. The van der Waals surface area contributed by atoms with Crippen LogP contribution in [0.1, 0.15) is 21.8 Å². The summed E-state index contributed by atoms with van der Waals surface area (Å²) < 4.78 is 0. The van der Waals surface area contributed by atoms with Gasteiger partial charge in [-0.3, -0.25) is 14.4 Å². The van der Waals surface area contributed by atoms with Crippen molar-refractivity contribution in [2.45, 2.75) is 5.92 Å². The molecule has 1 aliphatic rings. The van der Waals surface area contributed by atoms with Crippen LogP contribution in [0.2, 0.25) is 0 Å². The lowest BCUT2D eigenvalue weighted by atomic mass is 9.98. The summed E-state index contributed by atoms with van der Waals surface area (Å²) in [5, 5.41) is 0. The topological polar surface area (TPSA) is 54.5 Å². The Morgan fingerprint density at radius 1 is 1.00 bits per heavy atom. The Kier molecular flexibility index (Phi) is 3.36. The fourth-order valence-electron chi connectivity index (χ4n) is 2.66. The van der Waals surface area contributed by atoms with E-state index >= 15 is 0 Å². The van der Waals surface area contributed by atoms with E-state index in [1.165, 1.54) is 0 Å². The molecule has 4 heteroatoms. The molecular weight excluding hydrogens is 266 g/mol. The summed E-state index contributed by atoms with van der Waals surface area (Å²) in [5.74, 6) is -1.22. The summed E-state index contributed by atoms with van der Waals surface area (Å²) in [6.45, 7) is 0.213. The molecule has 0 saturated carbocycles. The van der Waals surface area contributed by atoms with Crippen molar-refractivity contribution in [3.8, 4) is 0 Å². The van der Waals surface area contributed by atoms with E-state index in [9.17, 15) is 14.4 Å². The average molecular weight is 279 g/mol. The van der Waals surface area contributed by atoms with E-state index in [1.54, 1.807) is 47.4 Å². The van der Waals surface area contributed by atoms with Gasteiger partial charge in [-0.25, -0.2) is 0 Å². The predicted octanol–water partition coefficient (Wildman–Crippen LogP) is 2.20. The molecule has 0 aromatic heterocycles. The van der Waals surface area contributed by atoms with Gasteiger partial charge >= 0.3 is 0 Å². The zero-order valence-corrected chi connectivity index (χ0v) is 11.2. The number of rotatable bonds is 3. The third-order valence-electron chi connectivity index (χ3n) is 3.69. The van der Waals surface area contributed by atoms with E-state index in [2.05, 4.69) is 0 Å². The second-order valence-electron chi connectivity index (χ2n) is 4.91. The molecule has 1 atom stereocenters. The molecule has 1 amide bonds. The van der Waals surface area contributed by atoms with Crippen LogP contribution < -0.4 is 4.90 Å². The van der Waals surface area contributed by atoms with Crippen LogP contribution in [0.4, 0.5) is 5.69 Å². The first-order valence-electron chi connectivity index (χ1n) is 6.67. The molecule has 21 heavy (non-hydrogen) atoms. The largest absolute Gasteiger partial charge is 0.307 e. The van der Waals surface area contributed by atoms with E-state index in [0.29, 0.717) is 17.5 Å². The summed E-state index contributed by atoms with van der Waals surface area (Å²) in [5.41, 5.74) is 2.00. The highest BCUT2D eigenvalue weighted by Gasteiger charge is 2.36. The van der Waals surface area contributed by atoms with E-state index in [0.717, 1.165) is 5.56 Å². The molecule has 0 N–H and O–H groups in total. The van der Waals surface area contributed by atoms with E-state index in [1.807, 2.05) is 12.1 Å². The molecule has 2 aromatic rings. The monoisotopic (exact) mass is 279 g/mol. The number of carbonyl (C=O) groups excluding carboxylic acids is 3. The number of hydrogen-bond donors (Lipinski definition) is 0. The zero-order valence-electron chi connectivity index (χ0n) is 11.2. The summed E-state index contributed by atoms with van der Waals surface area (Å²) in [7, 11) is 0. The minimum Gasteiger partial charge on any atom is -0.307 e. The fraction of sp³-hybridized carbons (Fsp3) is 0.118. The number of carbonyl (C=O) groups is 3. The number of anilines is 1. The van der Waals surface area contributed by atoms with Crippen molar-refractivity contribution in [2.24, 2.45) is 0 Å². The zero-order chi connectivity index (χ0) is 14.8. The van der Waals surface area contributed by atoms with Crippen LogP contribution in [-0.4, -0.2) is 24.5 Å². The van der Waals surface area contributed by atoms with Gasteiger partial charge in [0.25, 0.3) is 5.91 Å². The third kappa shape index (κ3) is 2.25. The standard InChI is InChI=1S/C17H13NO3/c19-11-16(20)14-10-18(15-9-5-4-8-13(14)15)17(21)12-6-2-1-3-7-12/h1-9,11,14H,10H2. The van der Waals surface area contributed by atoms with Gasteiger partial charge in [0.2, 0.25) is 5.78 Å². The van der Waals surface area contributed by atoms with Gasteiger partial charge in [-0.05, 0) is 23.8 Å². The van der Waals surface area contributed by atoms with Crippen molar-refractivity contribution in [3.63, 3.8) is 0 Å². The maximum absolute atomic E-state index is 12.6. The molecule has 0 radical (unpaired) electrons. The second kappa shape index (κ2) is 5.32. The number of hydrogen-bond acceptors (Lipinski definition) is 3. The van der Waals surface area contributed by atoms with Crippen LogP contribution in [0.3, 0.4) is 0 Å². The number of nitrogens with zero attached hydrogens (tertiary/aromatic N) is 1. The van der Waals surface area contributed by atoms with E-state index < -0.39 is 11.7 Å². The van der Waals surface area contributed by atoms with Gasteiger partial charge in [-0.2, -0.15) is 0 Å². The summed E-state index contributed by atoms with van der Waals surface area (Å²) in [6, 6.07) is 16.1. The van der Waals surface area contributed by atoms with Crippen LogP contribution >= 0.6 is 0 Å². The lowest BCUT2D eigenvalue weighted by molar-refractivity contribution is -0.130. The van der Waals surface area contributed by atoms with Crippen LogP contribution in [-0.2, 0) is 9.59 Å². The molecule has 0 bridgehead atoms. The minimum atomic E-state index is -0.564. The number of amides is 1. The van der Waals surface area contributed by atoms with Gasteiger partial charge in [-0.1, -0.05) is 36.4 Å². The molecule has 3 rings (SSSR count). The predicted molar refractivity (Wildman–Crippen MR) is 78.4 cm³/mol. The summed E-state index contributed by atoms with van der Waals surface area (Å²) in [6.07, 6.45) is 0.331. The Morgan fingerprint density at radius 3 is 2.38 bits per heavy atom. The van der Waals surface area contributed by atoms with Gasteiger partial charge in [0.05, 0.1) is 5.92 Å². The smallest absolute Gasteiger partial charge is 0.258 e. The van der Waals surface area contributed by atoms with Crippen LogP contribution in [0, 0.1) is 0 Å². The normalized spacial score (nSPS) is 16.4. The Bertz CT molecular complexity index is 709. The lowest BCUT2D eigenvalue weighted by Gasteiger charge is -2.17. The minimum absolute atomic E-state index is 0.163. The molecule has 1 heterocycles. The van der Waals surface area contributed by atoms with Gasteiger partial charge in [0.1, 0.15) is 0 Å². The number of Topliss-reactive ketones (excluding diaryl/α,β-unsaturated/α-hetero) is 1. The molecule has 4 nitrogen and oxygen atoms in total. The van der Waals surface area contributed by atoms with Crippen LogP contribution in [0.25, 0.3) is 0 Å². The average Bonchev–Trinajstić information content (AvgIpc) is 2.94. The van der Waals surface area contributed by atoms with Crippen LogP contribution in [0.15, 0.2) is 54.6 Å². The summed E-state index contributed by atoms with van der Waals surface area (Å²) in [4.78, 5) is 36.7. The fourth-order valence-corrected chi connectivity index (χ4v) is 2.66. The Balaban J connectivity index is 2.00. The van der Waals surface area contributed by atoms with Crippen molar-refractivity contribution in [2.75, 3.05) is 11.4 Å². The first-order chi connectivity index (χ1) is 10.2. The van der Waals surface area contributed by atoms with Gasteiger partial charge in [0.15, 0.2) is 6.29 Å². The highest BCUT2D eigenvalue weighted by Crippen LogP contribution is 2.37. The van der Waals surface area contributed by atoms with E-state index in [4.69, 9.17) is 0 Å². The molecule has 0 aliphatic carbocycles.